The summed E-state index contributed by atoms with van der Waals surface area (Å²) in [6, 6.07) is 7.04. The molecule has 0 amide bonds. The first-order chi connectivity index (χ1) is 9.75. The molecule has 0 saturated carbocycles. The molecule has 0 aliphatic heterocycles. The van der Waals surface area contributed by atoms with Crippen LogP contribution in [0.25, 0.3) is 0 Å². The van der Waals surface area contributed by atoms with Crippen LogP contribution in [-0.4, -0.2) is 49.6 Å². The molecule has 21 heavy (non-hydrogen) atoms. The van der Waals surface area contributed by atoms with E-state index in [2.05, 4.69) is 5.32 Å². The molecule has 2 atom stereocenters. The molecule has 2 unspecified atom stereocenters. The highest BCUT2D eigenvalue weighted by atomic mass is 32.2. The van der Waals surface area contributed by atoms with Crippen molar-refractivity contribution in [3.63, 3.8) is 0 Å². The molecule has 0 saturated heterocycles. The molecule has 1 N–H and O–H groups in total. The summed E-state index contributed by atoms with van der Waals surface area (Å²) in [4.78, 5) is 0.296. The minimum Gasteiger partial charge on any atom is -0.310 e. The smallest absolute Gasteiger partial charge is 0.242 e. The van der Waals surface area contributed by atoms with Crippen LogP contribution in [0.5, 0.6) is 0 Å². The summed E-state index contributed by atoms with van der Waals surface area (Å²) in [7, 11) is -1.09. The Morgan fingerprint density at radius 2 is 1.81 bits per heavy atom. The first-order valence-electron chi connectivity index (χ1n) is 6.81. The Kier molecular flexibility index (Phi) is 6.99. The minimum absolute atomic E-state index is 0.131. The maximum Gasteiger partial charge on any atom is 0.242 e. The van der Waals surface area contributed by atoms with Crippen LogP contribution in [0.1, 0.15) is 24.9 Å². The highest BCUT2D eigenvalue weighted by molar-refractivity contribution is 7.89. The SMILES string of the molecule is CC(NCCCS(C)=O)c1ccc(S(=O)(=O)N(C)C)cc1. The Labute approximate surface area is 130 Å². The standard InChI is InChI=1S/C14H24N2O3S2/c1-12(15-10-5-11-20(4)17)13-6-8-14(9-7-13)21(18,19)16(2)3/h6-9,12,15H,5,10-11H2,1-4H3. The zero-order valence-corrected chi connectivity index (χ0v) is 14.6. The molecule has 0 fully saturated rings. The fraction of sp³-hybridized carbons (Fsp3) is 0.571. The van der Waals surface area contributed by atoms with E-state index in [1.54, 1.807) is 18.4 Å². The first-order valence-corrected chi connectivity index (χ1v) is 9.97. The maximum atomic E-state index is 12.0. The fourth-order valence-corrected chi connectivity index (χ4v) is 3.30. The maximum absolute atomic E-state index is 12.0. The molecule has 120 valence electrons. The second-order valence-electron chi connectivity index (χ2n) is 5.16. The van der Waals surface area contributed by atoms with E-state index in [-0.39, 0.29) is 6.04 Å². The van der Waals surface area contributed by atoms with Crippen LogP contribution < -0.4 is 5.32 Å². The topological polar surface area (TPSA) is 66.5 Å². The molecule has 1 aromatic carbocycles. The molecule has 0 aliphatic carbocycles. The number of nitrogens with one attached hydrogen (secondary N) is 1. The van der Waals surface area contributed by atoms with Gasteiger partial charge in [-0.05, 0) is 37.6 Å². The van der Waals surface area contributed by atoms with Crippen LogP contribution in [0.3, 0.4) is 0 Å². The summed E-state index contributed by atoms with van der Waals surface area (Å²) >= 11 is 0. The zero-order valence-electron chi connectivity index (χ0n) is 13.0. The summed E-state index contributed by atoms with van der Waals surface area (Å²) in [6.45, 7) is 2.82. The van der Waals surface area contributed by atoms with Gasteiger partial charge in [0.05, 0.1) is 4.90 Å². The lowest BCUT2D eigenvalue weighted by atomic mass is 10.1. The molecular formula is C14H24N2O3S2. The van der Waals surface area contributed by atoms with Crippen molar-refractivity contribution >= 4 is 20.8 Å². The van der Waals surface area contributed by atoms with E-state index in [9.17, 15) is 12.6 Å². The minimum atomic E-state index is -3.37. The van der Waals surface area contributed by atoms with E-state index in [0.29, 0.717) is 10.6 Å². The number of nitrogens with zero attached hydrogens (tertiary/aromatic N) is 1. The fourth-order valence-electron chi connectivity index (χ4n) is 1.85. The van der Waals surface area contributed by atoms with Gasteiger partial charge in [-0.2, -0.15) is 0 Å². The number of hydrogen-bond acceptors (Lipinski definition) is 4. The normalized spacial score (nSPS) is 15.1. The van der Waals surface area contributed by atoms with Crippen molar-refractivity contribution in [1.82, 2.24) is 9.62 Å². The van der Waals surface area contributed by atoms with Gasteiger partial charge in [0.2, 0.25) is 10.0 Å². The van der Waals surface area contributed by atoms with E-state index in [0.717, 1.165) is 18.5 Å². The molecule has 1 rings (SSSR count). The third-order valence-corrected chi connectivity index (χ3v) is 5.91. The van der Waals surface area contributed by atoms with Gasteiger partial charge in [-0.1, -0.05) is 12.1 Å². The summed E-state index contributed by atoms with van der Waals surface area (Å²) in [5, 5.41) is 3.34. The van der Waals surface area contributed by atoms with Gasteiger partial charge in [-0.3, -0.25) is 4.21 Å². The van der Waals surface area contributed by atoms with Gasteiger partial charge in [0.25, 0.3) is 0 Å². The Hall–Kier alpha value is -0.760. The number of hydrogen-bond donors (Lipinski definition) is 1. The molecular weight excluding hydrogens is 308 g/mol. The van der Waals surface area contributed by atoms with Crippen LogP contribution in [-0.2, 0) is 20.8 Å². The number of benzene rings is 1. The largest absolute Gasteiger partial charge is 0.310 e. The molecule has 0 heterocycles. The van der Waals surface area contributed by atoms with Crippen molar-refractivity contribution in [3.8, 4) is 0 Å². The Balaban J connectivity index is 2.63. The average molecular weight is 332 g/mol. The van der Waals surface area contributed by atoms with Gasteiger partial charge >= 0.3 is 0 Å². The van der Waals surface area contributed by atoms with Crippen molar-refractivity contribution < 1.29 is 12.6 Å². The van der Waals surface area contributed by atoms with E-state index in [1.807, 2.05) is 19.1 Å². The van der Waals surface area contributed by atoms with Crippen LogP contribution in [0.4, 0.5) is 0 Å². The van der Waals surface area contributed by atoms with Gasteiger partial charge in [-0.15, -0.1) is 0 Å². The summed E-state index contributed by atoms with van der Waals surface area (Å²) in [6.07, 6.45) is 2.56. The predicted molar refractivity (Wildman–Crippen MR) is 87.3 cm³/mol. The van der Waals surface area contributed by atoms with Gasteiger partial charge in [0, 0.05) is 42.9 Å². The molecule has 7 heteroatoms. The average Bonchev–Trinajstić information content (AvgIpc) is 2.43. The van der Waals surface area contributed by atoms with Crippen molar-refractivity contribution in [1.29, 1.82) is 0 Å². The molecule has 0 aromatic heterocycles. The zero-order chi connectivity index (χ0) is 16.0. The molecule has 0 bridgehead atoms. The van der Waals surface area contributed by atoms with E-state index < -0.39 is 20.8 Å². The Bertz CT molecular complexity index is 568. The second-order valence-corrected chi connectivity index (χ2v) is 8.87. The van der Waals surface area contributed by atoms with Gasteiger partial charge in [-0.25, -0.2) is 12.7 Å². The van der Waals surface area contributed by atoms with Crippen molar-refractivity contribution in [2.24, 2.45) is 0 Å². The van der Waals surface area contributed by atoms with Crippen molar-refractivity contribution in [2.75, 3.05) is 32.6 Å². The lowest BCUT2D eigenvalue weighted by Crippen LogP contribution is -2.23. The van der Waals surface area contributed by atoms with Gasteiger partial charge in [0.1, 0.15) is 0 Å². The Morgan fingerprint density at radius 1 is 1.24 bits per heavy atom. The van der Waals surface area contributed by atoms with E-state index in [1.165, 1.54) is 18.4 Å². The van der Waals surface area contributed by atoms with Crippen LogP contribution in [0.2, 0.25) is 0 Å². The summed E-state index contributed by atoms with van der Waals surface area (Å²) in [5.41, 5.74) is 1.03. The first kappa shape index (κ1) is 18.3. The van der Waals surface area contributed by atoms with Crippen molar-refractivity contribution in [3.05, 3.63) is 29.8 Å². The summed E-state index contributed by atoms with van der Waals surface area (Å²) < 4.78 is 36.1. The molecule has 0 spiro atoms. The quantitative estimate of drug-likeness (QED) is 0.730. The second kappa shape index (κ2) is 8.03. The van der Waals surface area contributed by atoms with Gasteiger partial charge in [0.15, 0.2) is 0 Å². The number of rotatable bonds is 8. The van der Waals surface area contributed by atoms with Crippen LogP contribution in [0.15, 0.2) is 29.2 Å². The molecule has 0 radical (unpaired) electrons. The van der Waals surface area contributed by atoms with Crippen LogP contribution >= 0.6 is 0 Å². The Morgan fingerprint density at radius 3 is 2.29 bits per heavy atom. The lowest BCUT2D eigenvalue weighted by molar-refractivity contribution is 0.520. The van der Waals surface area contributed by atoms with Crippen molar-refractivity contribution in [2.45, 2.75) is 24.3 Å². The molecule has 5 nitrogen and oxygen atoms in total. The third kappa shape index (κ3) is 5.50. The van der Waals surface area contributed by atoms with Crippen LogP contribution in [0, 0.1) is 0 Å². The highest BCUT2D eigenvalue weighted by Crippen LogP contribution is 2.18. The summed E-state index contributed by atoms with van der Waals surface area (Å²) in [5.74, 6) is 0.694. The van der Waals surface area contributed by atoms with Gasteiger partial charge < -0.3 is 5.32 Å². The molecule has 1 aromatic rings. The van der Waals surface area contributed by atoms with E-state index >= 15 is 0 Å². The predicted octanol–water partition coefficient (Wildman–Crippen LogP) is 1.36. The van der Waals surface area contributed by atoms with E-state index in [4.69, 9.17) is 0 Å². The monoisotopic (exact) mass is 332 g/mol. The highest BCUT2D eigenvalue weighted by Gasteiger charge is 2.17. The number of sulfonamides is 1. The molecule has 0 aliphatic rings. The lowest BCUT2D eigenvalue weighted by Gasteiger charge is -2.16. The third-order valence-electron chi connectivity index (χ3n) is 3.22.